The molecular formula is C21H27FIN5O2. The number of halogens is 2. The molecule has 3 N–H and O–H groups in total. The number of piperazine rings is 1. The fourth-order valence-electron chi connectivity index (χ4n) is 3.18. The summed E-state index contributed by atoms with van der Waals surface area (Å²) >= 11 is 0. The zero-order chi connectivity index (χ0) is 20.6. The lowest BCUT2D eigenvalue weighted by atomic mass is 10.2. The third-order valence-electron chi connectivity index (χ3n) is 4.77. The number of hydrogen-bond donors (Lipinski definition) is 2. The second-order valence-electron chi connectivity index (χ2n) is 6.72. The Morgan fingerprint density at radius 3 is 2.53 bits per heavy atom. The lowest BCUT2D eigenvalue weighted by Gasteiger charge is -2.36. The van der Waals surface area contributed by atoms with Crippen molar-refractivity contribution >= 4 is 47.2 Å². The first kappa shape index (κ1) is 23.7. The Balaban J connectivity index is 0.00000320. The Morgan fingerprint density at radius 1 is 1.17 bits per heavy atom. The summed E-state index contributed by atoms with van der Waals surface area (Å²) in [6.07, 6.45) is 0.303. The number of carbonyl (C=O) groups is 1. The number of rotatable bonds is 6. The van der Waals surface area contributed by atoms with E-state index < -0.39 is 0 Å². The molecule has 0 aromatic heterocycles. The first-order valence-electron chi connectivity index (χ1n) is 9.54. The molecule has 1 saturated heterocycles. The molecule has 1 aliphatic rings. The van der Waals surface area contributed by atoms with Crippen molar-refractivity contribution in [3.8, 4) is 5.75 Å². The standard InChI is InChI=1S/C21H26FN5O2.HI/c1-29-19-4-2-3-17(15-19)25-21(23)24-10-9-20(28)27-13-11-26(12-14-27)18-7-5-16(22)6-8-18;/h2-8,15H,9-14H2,1H3,(H3,23,24,25);1H. The molecule has 162 valence electrons. The average molecular weight is 527 g/mol. The SMILES string of the molecule is COc1cccc(NC(N)=NCCC(=O)N2CCN(c3ccc(F)cc3)CC2)c1.I. The van der Waals surface area contributed by atoms with E-state index in [0.29, 0.717) is 26.1 Å². The van der Waals surface area contributed by atoms with Crippen LogP contribution in [0.15, 0.2) is 53.5 Å². The Morgan fingerprint density at radius 2 is 1.87 bits per heavy atom. The van der Waals surface area contributed by atoms with Gasteiger partial charge in [0, 0.05) is 50.0 Å². The van der Waals surface area contributed by atoms with Gasteiger partial charge in [0.15, 0.2) is 5.96 Å². The van der Waals surface area contributed by atoms with Gasteiger partial charge in [-0.05, 0) is 36.4 Å². The molecule has 0 unspecified atom stereocenters. The number of aliphatic imine (C=N–C) groups is 1. The van der Waals surface area contributed by atoms with Gasteiger partial charge >= 0.3 is 0 Å². The number of methoxy groups -OCH3 is 1. The van der Waals surface area contributed by atoms with Crippen LogP contribution in [-0.4, -0.2) is 56.6 Å². The fraction of sp³-hybridized carbons (Fsp3) is 0.333. The van der Waals surface area contributed by atoms with Crippen molar-refractivity contribution in [2.24, 2.45) is 10.7 Å². The first-order valence-corrected chi connectivity index (χ1v) is 9.54. The van der Waals surface area contributed by atoms with Crippen LogP contribution in [0.25, 0.3) is 0 Å². The van der Waals surface area contributed by atoms with Gasteiger partial charge in [-0.3, -0.25) is 9.79 Å². The minimum atomic E-state index is -0.247. The molecule has 0 bridgehead atoms. The number of hydrogen-bond acceptors (Lipinski definition) is 4. The molecule has 1 aliphatic heterocycles. The molecule has 0 atom stereocenters. The van der Waals surface area contributed by atoms with Crippen LogP contribution in [0, 0.1) is 5.82 Å². The highest BCUT2D eigenvalue weighted by Crippen LogP contribution is 2.18. The molecule has 1 amide bonds. The summed E-state index contributed by atoms with van der Waals surface area (Å²) in [5.74, 6) is 0.787. The van der Waals surface area contributed by atoms with E-state index >= 15 is 0 Å². The van der Waals surface area contributed by atoms with Crippen molar-refractivity contribution in [1.29, 1.82) is 0 Å². The topological polar surface area (TPSA) is 83.2 Å². The molecule has 0 saturated carbocycles. The van der Waals surface area contributed by atoms with Crippen LogP contribution in [0.5, 0.6) is 5.75 Å². The van der Waals surface area contributed by atoms with Crippen molar-refractivity contribution in [3.63, 3.8) is 0 Å². The van der Waals surface area contributed by atoms with Gasteiger partial charge in [-0.25, -0.2) is 4.39 Å². The maximum absolute atomic E-state index is 13.1. The minimum Gasteiger partial charge on any atom is -0.497 e. The Kier molecular flexibility index (Phi) is 9.15. The predicted octanol–water partition coefficient (Wildman–Crippen LogP) is 2.92. The van der Waals surface area contributed by atoms with Crippen molar-refractivity contribution in [2.75, 3.05) is 50.1 Å². The molecule has 0 radical (unpaired) electrons. The number of anilines is 2. The summed E-state index contributed by atoms with van der Waals surface area (Å²) in [4.78, 5) is 20.6. The molecule has 0 aliphatic carbocycles. The molecule has 2 aromatic carbocycles. The van der Waals surface area contributed by atoms with E-state index in [4.69, 9.17) is 10.5 Å². The molecule has 1 heterocycles. The monoisotopic (exact) mass is 527 g/mol. The summed E-state index contributed by atoms with van der Waals surface area (Å²) in [5, 5.41) is 2.99. The minimum absolute atomic E-state index is 0. The van der Waals surface area contributed by atoms with E-state index in [2.05, 4.69) is 15.2 Å². The largest absolute Gasteiger partial charge is 0.497 e. The quantitative estimate of drug-likeness (QED) is 0.343. The number of nitrogens with two attached hydrogens (primary N) is 1. The van der Waals surface area contributed by atoms with Gasteiger partial charge in [0.1, 0.15) is 11.6 Å². The molecule has 0 spiro atoms. The lowest BCUT2D eigenvalue weighted by Crippen LogP contribution is -2.48. The fourth-order valence-corrected chi connectivity index (χ4v) is 3.18. The molecular weight excluding hydrogens is 500 g/mol. The zero-order valence-electron chi connectivity index (χ0n) is 16.9. The first-order chi connectivity index (χ1) is 14.0. The third-order valence-corrected chi connectivity index (χ3v) is 4.77. The summed E-state index contributed by atoms with van der Waals surface area (Å²) in [5.41, 5.74) is 7.64. The number of guanidine groups is 1. The van der Waals surface area contributed by atoms with E-state index in [0.717, 1.165) is 30.2 Å². The van der Waals surface area contributed by atoms with Crippen LogP contribution in [0.2, 0.25) is 0 Å². The second-order valence-corrected chi connectivity index (χ2v) is 6.72. The van der Waals surface area contributed by atoms with Gasteiger partial charge in [0.25, 0.3) is 0 Å². The van der Waals surface area contributed by atoms with Crippen LogP contribution in [0.4, 0.5) is 15.8 Å². The molecule has 2 aromatic rings. The highest BCUT2D eigenvalue weighted by molar-refractivity contribution is 14.0. The summed E-state index contributed by atoms with van der Waals surface area (Å²) in [7, 11) is 1.60. The van der Waals surface area contributed by atoms with E-state index in [1.54, 1.807) is 19.2 Å². The zero-order valence-corrected chi connectivity index (χ0v) is 19.2. The van der Waals surface area contributed by atoms with Crippen LogP contribution >= 0.6 is 24.0 Å². The summed E-state index contributed by atoms with van der Waals surface area (Å²) < 4.78 is 18.2. The van der Waals surface area contributed by atoms with E-state index in [9.17, 15) is 9.18 Å². The van der Waals surface area contributed by atoms with E-state index in [1.165, 1.54) is 12.1 Å². The molecule has 3 rings (SSSR count). The summed E-state index contributed by atoms with van der Waals surface area (Å²) in [6.45, 7) is 3.04. The van der Waals surface area contributed by atoms with Gasteiger partial charge in [-0.15, -0.1) is 24.0 Å². The number of amides is 1. The summed E-state index contributed by atoms with van der Waals surface area (Å²) in [6, 6.07) is 13.8. The van der Waals surface area contributed by atoms with Crippen molar-refractivity contribution in [2.45, 2.75) is 6.42 Å². The molecule has 30 heavy (non-hydrogen) atoms. The highest BCUT2D eigenvalue weighted by atomic mass is 127. The lowest BCUT2D eigenvalue weighted by molar-refractivity contribution is -0.131. The number of nitrogens with zero attached hydrogens (tertiary/aromatic N) is 3. The number of ether oxygens (including phenoxy) is 1. The Labute approximate surface area is 193 Å². The molecule has 9 heteroatoms. The third kappa shape index (κ3) is 6.75. The van der Waals surface area contributed by atoms with Gasteiger partial charge < -0.3 is 25.6 Å². The van der Waals surface area contributed by atoms with Crippen LogP contribution in [0.1, 0.15) is 6.42 Å². The number of benzene rings is 2. The maximum Gasteiger partial charge on any atom is 0.224 e. The average Bonchev–Trinajstić information content (AvgIpc) is 2.74. The number of carbonyl (C=O) groups excluding carboxylic acids is 1. The van der Waals surface area contributed by atoms with Crippen LogP contribution in [0.3, 0.4) is 0 Å². The Hall–Kier alpha value is -2.56. The second kappa shape index (κ2) is 11.6. The maximum atomic E-state index is 13.1. The molecule has 1 fully saturated rings. The van der Waals surface area contributed by atoms with Gasteiger partial charge in [0.2, 0.25) is 5.91 Å². The highest BCUT2D eigenvalue weighted by Gasteiger charge is 2.20. The van der Waals surface area contributed by atoms with Crippen molar-refractivity contribution < 1.29 is 13.9 Å². The Bertz CT molecular complexity index is 855. The number of nitrogens with one attached hydrogen (secondary N) is 1. The predicted molar refractivity (Wildman–Crippen MR) is 128 cm³/mol. The van der Waals surface area contributed by atoms with E-state index in [1.807, 2.05) is 29.2 Å². The normalized spacial score (nSPS) is 14.1. The van der Waals surface area contributed by atoms with Gasteiger partial charge in [-0.1, -0.05) is 6.07 Å². The van der Waals surface area contributed by atoms with E-state index in [-0.39, 0.29) is 41.7 Å². The van der Waals surface area contributed by atoms with Crippen LogP contribution < -0.4 is 20.7 Å². The van der Waals surface area contributed by atoms with Crippen molar-refractivity contribution in [3.05, 3.63) is 54.3 Å². The van der Waals surface area contributed by atoms with Gasteiger partial charge in [-0.2, -0.15) is 0 Å². The smallest absolute Gasteiger partial charge is 0.224 e. The van der Waals surface area contributed by atoms with Crippen molar-refractivity contribution in [1.82, 2.24) is 4.90 Å². The van der Waals surface area contributed by atoms with Crippen LogP contribution in [-0.2, 0) is 4.79 Å². The van der Waals surface area contributed by atoms with Gasteiger partial charge in [0.05, 0.1) is 13.7 Å². The molecule has 7 nitrogen and oxygen atoms in total.